The van der Waals surface area contributed by atoms with Crippen molar-refractivity contribution < 1.29 is 9.59 Å². The zero-order chi connectivity index (χ0) is 22.2. The first-order chi connectivity index (χ1) is 15.0. The number of rotatable bonds is 7. The SMILES string of the molecule is CCCCc1ccc(NC(=O)CSC2=NC(=O)C(C#N)C(C3CCCCC3)=N2)c(C)c1. The Balaban J connectivity index is 1.61. The monoisotopic (exact) mass is 438 g/mol. The van der Waals surface area contributed by atoms with Gasteiger partial charge in [0.25, 0.3) is 5.91 Å². The first-order valence-corrected chi connectivity index (χ1v) is 12.1. The van der Waals surface area contributed by atoms with Crippen molar-refractivity contribution in [2.45, 2.75) is 65.2 Å². The molecule has 1 fully saturated rings. The first-order valence-electron chi connectivity index (χ1n) is 11.1. The van der Waals surface area contributed by atoms with E-state index in [1.807, 2.05) is 13.0 Å². The van der Waals surface area contributed by atoms with Crippen molar-refractivity contribution in [3.8, 4) is 6.07 Å². The zero-order valence-corrected chi connectivity index (χ0v) is 19.1. The number of nitrogens with one attached hydrogen (secondary N) is 1. The van der Waals surface area contributed by atoms with Crippen molar-refractivity contribution >= 4 is 40.1 Å². The van der Waals surface area contributed by atoms with Gasteiger partial charge in [0.15, 0.2) is 11.1 Å². The van der Waals surface area contributed by atoms with E-state index < -0.39 is 11.8 Å². The Bertz CT molecular complexity index is 926. The molecule has 0 radical (unpaired) electrons. The van der Waals surface area contributed by atoms with Gasteiger partial charge in [-0.25, -0.2) is 4.99 Å². The molecule has 1 aromatic rings. The lowest BCUT2D eigenvalue weighted by Gasteiger charge is -2.26. The van der Waals surface area contributed by atoms with Crippen LogP contribution in [0.5, 0.6) is 0 Å². The minimum atomic E-state index is -0.879. The van der Waals surface area contributed by atoms with E-state index in [-0.39, 0.29) is 17.6 Å². The third-order valence-electron chi connectivity index (χ3n) is 5.84. The van der Waals surface area contributed by atoms with Crippen LogP contribution in [0.2, 0.25) is 0 Å². The van der Waals surface area contributed by atoms with Crippen LogP contribution in [0.1, 0.15) is 63.0 Å². The van der Waals surface area contributed by atoms with Crippen molar-refractivity contribution in [3.05, 3.63) is 29.3 Å². The fraction of sp³-hybridized carbons (Fsp3) is 0.542. The van der Waals surface area contributed by atoms with Gasteiger partial charge in [-0.1, -0.05) is 56.5 Å². The molecular formula is C24H30N4O2S. The molecule has 1 saturated carbocycles. The Labute approximate surface area is 188 Å². The fourth-order valence-electron chi connectivity index (χ4n) is 4.12. The van der Waals surface area contributed by atoms with Crippen molar-refractivity contribution in [3.63, 3.8) is 0 Å². The van der Waals surface area contributed by atoms with E-state index in [2.05, 4.69) is 40.4 Å². The summed E-state index contributed by atoms with van der Waals surface area (Å²) < 4.78 is 0. The predicted molar refractivity (Wildman–Crippen MR) is 126 cm³/mol. The van der Waals surface area contributed by atoms with Crippen molar-refractivity contribution in [2.75, 3.05) is 11.1 Å². The van der Waals surface area contributed by atoms with Crippen LogP contribution in [-0.4, -0.2) is 28.4 Å². The van der Waals surface area contributed by atoms with Gasteiger partial charge in [-0.05, 0) is 55.7 Å². The number of carbonyl (C=O) groups is 2. The van der Waals surface area contributed by atoms with E-state index in [1.54, 1.807) is 0 Å². The highest BCUT2D eigenvalue weighted by Gasteiger charge is 2.34. The second-order valence-corrected chi connectivity index (χ2v) is 9.20. The van der Waals surface area contributed by atoms with Gasteiger partial charge in [0.05, 0.1) is 17.5 Å². The quantitative estimate of drug-likeness (QED) is 0.643. The molecule has 1 aromatic carbocycles. The van der Waals surface area contributed by atoms with Gasteiger partial charge in [0.2, 0.25) is 5.91 Å². The zero-order valence-electron chi connectivity index (χ0n) is 18.3. The number of aryl methyl sites for hydroxylation is 2. The fourth-order valence-corrected chi connectivity index (χ4v) is 4.77. The third-order valence-corrected chi connectivity index (χ3v) is 6.69. The summed E-state index contributed by atoms with van der Waals surface area (Å²) in [6.07, 6.45) is 8.62. The predicted octanol–water partition coefficient (Wildman–Crippen LogP) is 5.07. The van der Waals surface area contributed by atoms with Gasteiger partial charge in [0.1, 0.15) is 0 Å². The highest BCUT2D eigenvalue weighted by atomic mass is 32.2. The van der Waals surface area contributed by atoms with E-state index in [0.717, 1.165) is 68.0 Å². The summed E-state index contributed by atoms with van der Waals surface area (Å²) >= 11 is 1.15. The number of carbonyl (C=O) groups excluding carboxylic acids is 2. The third kappa shape index (κ3) is 6.27. The molecule has 31 heavy (non-hydrogen) atoms. The highest BCUT2D eigenvalue weighted by Crippen LogP contribution is 2.30. The van der Waals surface area contributed by atoms with E-state index in [1.165, 1.54) is 12.0 Å². The van der Waals surface area contributed by atoms with Gasteiger partial charge < -0.3 is 5.32 Å². The van der Waals surface area contributed by atoms with Crippen molar-refractivity contribution in [2.24, 2.45) is 21.8 Å². The summed E-state index contributed by atoms with van der Waals surface area (Å²) in [5.41, 5.74) is 3.75. The molecule has 1 unspecified atom stereocenters. The largest absolute Gasteiger partial charge is 0.325 e. The van der Waals surface area contributed by atoms with E-state index in [4.69, 9.17) is 0 Å². The van der Waals surface area contributed by atoms with Crippen LogP contribution < -0.4 is 5.32 Å². The number of nitriles is 1. The molecular weight excluding hydrogens is 408 g/mol. The minimum absolute atomic E-state index is 0.113. The molecule has 1 aliphatic heterocycles. The molecule has 7 heteroatoms. The molecule has 1 N–H and O–H groups in total. The van der Waals surface area contributed by atoms with Crippen LogP contribution in [0.25, 0.3) is 0 Å². The average molecular weight is 439 g/mol. The van der Waals surface area contributed by atoms with Crippen LogP contribution in [0.15, 0.2) is 28.2 Å². The molecule has 0 aromatic heterocycles. The normalized spacial score (nSPS) is 19.4. The van der Waals surface area contributed by atoms with Gasteiger partial charge in [-0.2, -0.15) is 10.3 Å². The van der Waals surface area contributed by atoms with Crippen LogP contribution in [-0.2, 0) is 16.0 Å². The molecule has 0 bridgehead atoms. The first kappa shape index (κ1) is 23.2. The molecule has 2 aliphatic rings. The van der Waals surface area contributed by atoms with E-state index >= 15 is 0 Å². The summed E-state index contributed by atoms with van der Waals surface area (Å²) in [5, 5.41) is 12.7. The number of nitrogens with zero attached hydrogens (tertiary/aromatic N) is 3. The molecule has 1 heterocycles. The highest BCUT2D eigenvalue weighted by molar-refractivity contribution is 8.14. The number of aliphatic imine (C=N–C) groups is 2. The number of unbranched alkanes of at least 4 members (excludes halogenated alkanes) is 1. The molecule has 6 nitrogen and oxygen atoms in total. The van der Waals surface area contributed by atoms with Gasteiger partial charge in [-0.15, -0.1) is 0 Å². The smallest absolute Gasteiger partial charge is 0.271 e. The maximum absolute atomic E-state index is 12.5. The summed E-state index contributed by atoms with van der Waals surface area (Å²) in [5.74, 6) is -1.23. The second kappa shape index (κ2) is 11.2. The van der Waals surface area contributed by atoms with Crippen molar-refractivity contribution in [1.29, 1.82) is 5.26 Å². The van der Waals surface area contributed by atoms with Crippen LogP contribution in [0.3, 0.4) is 0 Å². The average Bonchev–Trinajstić information content (AvgIpc) is 2.78. The Morgan fingerprint density at radius 2 is 2.03 bits per heavy atom. The summed E-state index contributed by atoms with van der Waals surface area (Å²) in [6.45, 7) is 4.16. The Morgan fingerprint density at radius 1 is 1.26 bits per heavy atom. The topological polar surface area (TPSA) is 94.7 Å². The number of amides is 2. The molecule has 2 amide bonds. The number of hydrogen-bond acceptors (Lipinski definition) is 5. The molecule has 0 spiro atoms. The summed E-state index contributed by atoms with van der Waals surface area (Å²) in [4.78, 5) is 33.4. The van der Waals surface area contributed by atoms with Crippen LogP contribution in [0, 0.1) is 30.1 Å². The number of benzene rings is 1. The number of thioether (sulfide) groups is 1. The van der Waals surface area contributed by atoms with Gasteiger partial charge in [0, 0.05) is 5.69 Å². The Morgan fingerprint density at radius 3 is 2.71 bits per heavy atom. The van der Waals surface area contributed by atoms with Crippen LogP contribution >= 0.6 is 11.8 Å². The van der Waals surface area contributed by atoms with Gasteiger partial charge >= 0.3 is 0 Å². The Hall–Kier alpha value is -2.46. The molecule has 1 aliphatic carbocycles. The lowest BCUT2D eigenvalue weighted by Crippen LogP contribution is -2.33. The lowest BCUT2D eigenvalue weighted by molar-refractivity contribution is -0.118. The van der Waals surface area contributed by atoms with Crippen molar-refractivity contribution in [1.82, 2.24) is 0 Å². The van der Waals surface area contributed by atoms with E-state index in [9.17, 15) is 14.9 Å². The number of amidine groups is 1. The lowest BCUT2D eigenvalue weighted by atomic mass is 9.81. The minimum Gasteiger partial charge on any atom is -0.325 e. The Kier molecular flexibility index (Phi) is 8.42. The standard InChI is InChI=1S/C24H30N4O2S/c1-3-4-8-17-11-12-20(16(2)13-17)26-21(29)15-31-24-27-22(18-9-6-5-7-10-18)19(14-25)23(30)28-24/h11-13,18-19H,3-10,15H2,1-2H3,(H,26,29). The number of hydrogen-bond donors (Lipinski definition) is 1. The summed E-state index contributed by atoms with van der Waals surface area (Å²) in [6, 6.07) is 8.18. The maximum atomic E-state index is 12.5. The second-order valence-electron chi connectivity index (χ2n) is 8.26. The van der Waals surface area contributed by atoms with Gasteiger partial charge in [-0.3, -0.25) is 9.59 Å². The molecule has 1 atom stereocenters. The molecule has 164 valence electrons. The summed E-state index contributed by atoms with van der Waals surface area (Å²) in [7, 11) is 0. The molecule has 3 rings (SSSR count). The van der Waals surface area contributed by atoms with E-state index in [0.29, 0.717) is 10.9 Å². The molecule has 0 saturated heterocycles. The van der Waals surface area contributed by atoms with Crippen LogP contribution in [0.4, 0.5) is 5.69 Å². The maximum Gasteiger partial charge on any atom is 0.271 e. The number of anilines is 1.